The highest BCUT2D eigenvalue weighted by atomic mass is 32.1. The van der Waals surface area contributed by atoms with Gasteiger partial charge in [-0.1, -0.05) is 18.2 Å². The molecule has 1 heterocycles. The number of benzene rings is 1. The van der Waals surface area contributed by atoms with E-state index >= 15 is 0 Å². The van der Waals surface area contributed by atoms with Crippen molar-refractivity contribution in [3.63, 3.8) is 0 Å². The Balaban J connectivity index is 1.87. The average Bonchev–Trinajstić information content (AvgIpc) is 3.09. The first-order valence-electron chi connectivity index (χ1n) is 7.64. The molecule has 1 atom stereocenters. The minimum Gasteiger partial charge on any atom is -0.463 e. The third-order valence-corrected chi connectivity index (χ3v) is 4.24. The maximum Gasteiger partial charge on any atom is 0.330 e. The molecule has 0 radical (unpaired) electrons. The Kier molecular flexibility index (Phi) is 6.57. The highest BCUT2D eigenvalue weighted by Crippen LogP contribution is 2.18. The van der Waals surface area contributed by atoms with Crippen molar-refractivity contribution in [2.75, 3.05) is 11.9 Å². The van der Waals surface area contributed by atoms with Crippen LogP contribution in [0.4, 0.5) is 10.5 Å². The number of hydrogen-bond acceptors (Lipinski definition) is 4. The Labute approximate surface area is 145 Å². The van der Waals surface area contributed by atoms with Crippen LogP contribution in [0, 0.1) is 0 Å². The molecule has 5 nitrogen and oxygen atoms in total. The van der Waals surface area contributed by atoms with E-state index in [0.29, 0.717) is 12.3 Å². The van der Waals surface area contributed by atoms with Crippen LogP contribution in [0.2, 0.25) is 0 Å². The first-order valence-corrected chi connectivity index (χ1v) is 8.52. The molecule has 1 aromatic carbocycles. The number of hydrogen-bond donors (Lipinski definition) is 2. The van der Waals surface area contributed by atoms with Crippen molar-refractivity contribution < 1.29 is 14.3 Å². The van der Waals surface area contributed by atoms with Crippen LogP contribution in [0.5, 0.6) is 0 Å². The first kappa shape index (κ1) is 17.7. The number of carbonyl (C=O) groups is 2. The summed E-state index contributed by atoms with van der Waals surface area (Å²) in [4.78, 5) is 24.4. The van der Waals surface area contributed by atoms with E-state index in [1.54, 1.807) is 36.5 Å². The van der Waals surface area contributed by atoms with E-state index in [2.05, 4.69) is 10.6 Å². The number of urea groups is 1. The maximum absolute atomic E-state index is 12.0. The van der Waals surface area contributed by atoms with E-state index in [1.807, 2.05) is 36.6 Å². The predicted molar refractivity (Wildman–Crippen MR) is 97.0 cm³/mol. The molecule has 0 aliphatic carbocycles. The van der Waals surface area contributed by atoms with Crippen LogP contribution in [0.1, 0.15) is 30.3 Å². The normalized spacial score (nSPS) is 11.9. The molecular formula is C18H20N2O3S. The van der Waals surface area contributed by atoms with E-state index < -0.39 is 0 Å². The Hall–Kier alpha value is -2.60. The van der Waals surface area contributed by atoms with Crippen molar-refractivity contribution in [3.8, 4) is 0 Å². The van der Waals surface area contributed by atoms with Crippen LogP contribution < -0.4 is 10.6 Å². The van der Waals surface area contributed by atoms with Crippen molar-refractivity contribution in [3.05, 3.63) is 58.3 Å². The fourth-order valence-electron chi connectivity index (χ4n) is 2.00. The van der Waals surface area contributed by atoms with Crippen molar-refractivity contribution in [1.82, 2.24) is 5.32 Å². The zero-order valence-electron chi connectivity index (χ0n) is 13.6. The molecule has 2 amide bonds. The third-order valence-electron chi connectivity index (χ3n) is 3.18. The van der Waals surface area contributed by atoms with Crippen LogP contribution in [0.25, 0.3) is 6.08 Å². The molecule has 0 bridgehead atoms. The van der Waals surface area contributed by atoms with Gasteiger partial charge in [-0.15, -0.1) is 11.3 Å². The fourth-order valence-corrected chi connectivity index (χ4v) is 2.74. The van der Waals surface area contributed by atoms with Gasteiger partial charge < -0.3 is 15.4 Å². The van der Waals surface area contributed by atoms with Gasteiger partial charge in [-0.05, 0) is 49.1 Å². The minimum absolute atomic E-state index is 0.0446. The Morgan fingerprint density at radius 3 is 2.62 bits per heavy atom. The summed E-state index contributed by atoms with van der Waals surface area (Å²) in [6.45, 7) is 4.05. The van der Waals surface area contributed by atoms with Gasteiger partial charge in [-0.3, -0.25) is 0 Å². The van der Waals surface area contributed by atoms with Gasteiger partial charge in [0.1, 0.15) is 0 Å². The Morgan fingerprint density at radius 1 is 1.25 bits per heavy atom. The van der Waals surface area contributed by atoms with Gasteiger partial charge in [-0.2, -0.15) is 0 Å². The minimum atomic E-state index is -0.373. The summed E-state index contributed by atoms with van der Waals surface area (Å²) >= 11 is 1.60. The van der Waals surface area contributed by atoms with E-state index in [0.717, 1.165) is 10.4 Å². The van der Waals surface area contributed by atoms with E-state index in [-0.39, 0.29) is 18.0 Å². The molecule has 2 aromatic rings. The lowest BCUT2D eigenvalue weighted by Crippen LogP contribution is -2.30. The Morgan fingerprint density at radius 2 is 2.00 bits per heavy atom. The number of nitrogens with one attached hydrogen (secondary N) is 2. The lowest BCUT2D eigenvalue weighted by Gasteiger charge is -2.13. The van der Waals surface area contributed by atoms with Gasteiger partial charge in [0.15, 0.2) is 0 Å². The molecule has 1 aromatic heterocycles. The van der Waals surface area contributed by atoms with Crippen LogP contribution in [-0.2, 0) is 9.53 Å². The van der Waals surface area contributed by atoms with Crippen molar-refractivity contribution in [1.29, 1.82) is 0 Å². The van der Waals surface area contributed by atoms with Gasteiger partial charge >= 0.3 is 12.0 Å². The molecule has 1 unspecified atom stereocenters. The molecule has 0 spiro atoms. The second kappa shape index (κ2) is 8.88. The molecule has 2 rings (SSSR count). The standard InChI is InChI=1S/C18H20N2O3S/c1-3-23-17(21)11-8-14-6-9-15(10-7-14)20-18(22)19-13(2)16-5-4-12-24-16/h4-13H,3H2,1-2H3,(H2,19,20,22)/b11-8+. The average molecular weight is 344 g/mol. The largest absolute Gasteiger partial charge is 0.463 e. The monoisotopic (exact) mass is 344 g/mol. The van der Waals surface area contributed by atoms with Crippen molar-refractivity contribution in [2.45, 2.75) is 19.9 Å². The summed E-state index contributed by atoms with van der Waals surface area (Å²) in [6.07, 6.45) is 3.04. The second-order valence-electron chi connectivity index (χ2n) is 5.04. The summed E-state index contributed by atoms with van der Waals surface area (Å²) in [7, 11) is 0. The van der Waals surface area contributed by atoms with Crippen LogP contribution in [0.15, 0.2) is 47.9 Å². The quantitative estimate of drug-likeness (QED) is 0.609. The molecule has 0 aliphatic heterocycles. The SMILES string of the molecule is CCOC(=O)/C=C/c1ccc(NC(=O)NC(C)c2cccs2)cc1. The number of thiophene rings is 1. The highest BCUT2D eigenvalue weighted by Gasteiger charge is 2.10. The van der Waals surface area contributed by atoms with Gasteiger partial charge in [0.25, 0.3) is 0 Å². The number of amides is 2. The summed E-state index contributed by atoms with van der Waals surface area (Å²) in [5, 5.41) is 7.65. The first-order chi connectivity index (χ1) is 11.6. The van der Waals surface area contributed by atoms with Crippen molar-refractivity contribution in [2.24, 2.45) is 0 Å². The summed E-state index contributed by atoms with van der Waals surface area (Å²) < 4.78 is 4.82. The van der Waals surface area contributed by atoms with Crippen LogP contribution in [-0.4, -0.2) is 18.6 Å². The molecule has 0 aliphatic rings. The molecule has 24 heavy (non-hydrogen) atoms. The van der Waals surface area contributed by atoms with Gasteiger partial charge in [0, 0.05) is 16.6 Å². The van der Waals surface area contributed by atoms with E-state index in [1.165, 1.54) is 6.08 Å². The number of esters is 1. The molecule has 0 saturated heterocycles. The maximum atomic E-state index is 12.0. The van der Waals surface area contributed by atoms with Gasteiger partial charge in [0.2, 0.25) is 0 Å². The second-order valence-corrected chi connectivity index (χ2v) is 6.02. The van der Waals surface area contributed by atoms with Crippen molar-refractivity contribution >= 4 is 35.1 Å². The summed E-state index contributed by atoms with van der Waals surface area (Å²) in [5.41, 5.74) is 1.53. The number of ether oxygens (including phenoxy) is 1. The van der Waals surface area contributed by atoms with Gasteiger partial charge in [0.05, 0.1) is 12.6 Å². The zero-order valence-corrected chi connectivity index (χ0v) is 14.4. The van der Waals surface area contributed by atoms with E-state index in [9.17, 15) is 9.59 Å². The fraction of sp³-hybridized carbons (Fsp3) is 0.222. The number of carbonyl (C=O) groups excluding carboxylic acids is 2. The van der Waals surface area contributed by atoms with Crippen LogP contribution >= 0.6 is 11.3 Å². The molecular weight excluding hydrogens is 324 g/mol. The zero-order chi connectivity index (χ0) is 17.4. The number of rotatable bonds is 6. The molecule has 6 heteroatoms. The smallest absolute Gasteiger partial charge is 0.330 e. The Bertz CT molecular complexity index is 694. The van der Waals surface area contributed by atoms with Gasteiger partial charge in [-0.25, -0.2) is 9.59 Å². The third kappa shape index (κ3) is 5.55. The lowest BCUT2D eigenvalue weighted by atomic mass is 10.2. The molecule has 126 valence electrons. The van der Waals surface area contributed by atoms with E-state index in [4.69, 9.17) is 4.74 Å². The molecule has 0 saturated carbocycles. The predicted octanol–water partition coefficient (Wildman–Crippen LogP) is 4.21. The highest BCUT2D eigenvalue weighted by molar-refractivity contribution is 7.10. The summed E-state index contributed by atoms with van der Waals surface area (Å²) in [5.74, 6) is -0.373. The molecule has 0 fully saturated rings. The molecule has 2 N–H and O–H groups in total. The lowest BCUT2D eigenvalue weighted by molar-refractivity contribution is -0.137. The number of anilines is 1. The summed E-state index contributed by atoms with van der Waals surface area (Å²) in [6, 6.07) is 10.8. The van der Waals surface area contributed by atoms with Crippen LogP contribution in [0.3, 0.4) is 0 Å². The topological polar surface area (TPSA) is 67.4 Å².